The maximum Gasteiger partial charge on any atom is 0.315 e. The SMILES string of the molecule is CCC(CO)NC(=O)NC(C)CC(C)(C)c1ccccc1. The third-order valence-electron chi connectivity index (χ3n) is 3.80. The molecule has 0 saturated carbocycles. The lowest BCUT2D eigenvalue weighted by Gasteiger charge is -2.29. The van der Waals surface area contributed by atoms with Crippen LogP contribution >= 0.6 is 0 Å². The number of aliphatic hydroxyl groups excluding tert-OH is 1. The number of amides is 2. The molecule has 118 valence electrons. The van der Waals surface area contributed by atoms with Crippen molar-refractivity contribution in [2.45, 2.75) is 58.0 Å². The van der Waals surface area contributed by atoms with Crippen molar-refractivity contribution in [3.63, 3.8) is 0 Å². The summed E-state index contributed by atoms with van der Waals surface area (Å²) < 4.78 is 0. The van der Waals surface area contributed by atoms with Gasteiger partial charge in [0.15, 0.2) is 0 Å². The van der Waals surface area contributed by atoms with E-state index in [1.54, 1.807) is 0 Å². The van der Waals surface area contributed by atoms with Gasteiger partial charge in [-0.3, -0.25) is 0 Å². The zero-order valence-corrected chi connectivity index (χ0v) is 13.5. The second-order valence-electron chi connectivity index (χ2n) is 6.26. The number of hydrogen-bond acceptors (Lipinski definition) is 2. The molecule has 3 N–H and O–H groups in total. The van der Waals surface area contributed by atoms with Crippen molar-refractivity contribution in [3.8, 4) is 0 Å². The predicted molar refractivity (Wildman–Crippen MR) is 86.4 cm³/mol. The normalized spacial score (nSPS) is 14.3. The standard InChI is InChI=1S/C17H28N2O2/c1-5-15(12-20)19-16(21)18-13(2)11-17(3,4)14-9-7-6-8-10-14/h6-10,13,15,20H,5,11-12H2,1-4H3,(H2,18,19,21). The maximum absolute atomic E-state index is 11.9. The molecule has 0 heterocycles. The summed E-state index contributed by atoms with van der Waals surface area (Å²) in [5.74, 6) is 0. The van der Waals surface area contributed by atoms with Crippen LogP contribution in [0.15, 0.2) is 30.3 Å². The second-order valence-corrected chi connectivity index (χ2v) is 6.26. The first-order valence-corrected chi connectivity index (χ1v) is 7.62. The molecule has 0 aliphatic rings. The minimum absolute atomic E-state index is 0.00487. The monoisotopic (exact) mass is 292 g/mol. The van der Waals surface area contributed by atoms with Crippen LogP contribution in [-0.4, -0.2) is 29.8 Å². The summed E-state index contributed by atoms with van der Waals surface area (Å²) in [6, 6.07) is 9.97. The highest BCUT2D eigenvalue weighted by Crippen LogP contribution is 2.27. The van der Waals surface area contributed by atoms with Gasteiger partial charge in [-0.2, -0.15) is 0 Å². The van der Waals surface area contributed by atoms with Gasteiger partial charge < -0.3 is 15.7 Å². The summed E-state index contributed by atoms with van der Waals surface area (Å²) in [5.41, 5.74) is 1.26. The zero-order chi connectivity index (χ0) is 15.9. The second kappa shape index (κ2) is 8.03. The van der Waals surface area contributed by atoms with Gasteiger partial charge in [0.25, 0.3) is 0 Å². The summed E-state index contributed by atoms with van der Waals surface area (Å²) >= 11 is 0. The van der Waals surface area contributed by atoms with Gasteiger partial charge in [-0.05, 0) is 30.7 Å². The van der Waals surface area contributed by atoms with E-state index in [2.05, 4.69) is 36.6 Å². The Balaban J connectivity index is 2.53. The van der Waals surface area contributed by atoms with Gasteiger partial charge >= 0.3 is 6.03 Å². The van der Waals surface area contributed by atoms with E-state index in [1.165, 1.54) is 5.56 Å². The Bertz CT molecular complexity index is 428. The average molecular weight is 292 g/mol. The molecule has 0 aromatic heterocycles. The number of rotatable bonds is 7. The molecule has 2 atom stereocenters. The van der Waals surface area contributed by atoms with Crippen LogP contribution < -0.4 is 10.6 Å². The van der Waals surface area contributed by atoms with Crippen molar-refractivity contribution in [3.05, 3.63) is 35.9 Å². The topological polar surface area (TPSA) is 61.4 Å². The fraction of sp³-hybridized carbons (Fsp3) is 0.588. The summed E-state index contributed by atoms with van der Waals surface area (Å²) in [6.07, 6.45) is 1.56. The predicted octanol–water partition coefficient (Wildman–Crippen LogP) is 2.81. The average Bonchev–Trinajstić information content (AvgIpc) is 2.45. The van der Waals surface area contributed by atoms with Gasteiger partial charge in [0, 0.05) is 6.04 Å². The number of carbonyl (C=O) groups excluding carboxylic acids is 1. The Hall–Kier alpha value is -1.55. The smallest absolute Gasteiger partial charge is 0.315 e. The van der Waals surface area contributed by atoms with Crippen LogP contribution in [-0.2, 0) is 5.41 Å². The molecule has 1 rings (SSSR count). The highest BCUT2D eigenvalue weighted by Gasteiger charge is 2.24. The molecule has 2 amide bonds. The fourth-order valence-electron chi connectivity index (χ4n) is 2.55. The maximum atomic E-state index is 11.9. The summed E-state index contributed by atoms with van der Waals surface area (Å²) in [4.78, 5) is 11.9. The van der Waals surface area contributed by atoms with E-state index in [4.69, 9.17) is 5.11 Å². The highest BCUT2D eigenvalue weighted by atomic mass is 16.3. The summed E-state index contributed by atoms with van der Waals surface area (Å²) in [6.45, 7) is 8.27. The van der Waals surface area contributed by atoms with E-state index in [-0.39, 0.29) is 30.1 Å². The highest BCUT2D eigenvalue weighted by molar-refractivity contribution is 5.74. The lowest BCUT2D eigenvalue weighted by molar-refractivity contribution is 0.210. The first-order valence-electron chi connectivity index (χ1n) is 7.62. The molecule has 0 radical (unpaired) electrons. The lowest BCUT2D eigenvalue weighted by Crippen LogP contribution is -2.47. The van der Waals surface area contributed by atoms with E-state index in [1.807, 2.05) is 32.0 Å². The minimum atomic E-state index is -0.215. The molecule has 0 fully saturated rings. The first-order chi connectivity index (χ1) is 9.89. The Morgan fingerprint density at radius 1 is 1.24 bits per heavy atom. The third-order valence-corrected chi connectivity index (χ3v) is 3.80. The van der Waals surface area contributed by atoms with Gasteiger partial charge in [0.2, 0.25) is 0 Å². The van der Waals surface area contributed by atoms with Crippen LogP contribution in [0.5, 0.6) is 0 Å². The van der Waals surface area contributed by atoms with E-state index in [9.17, 15) is 4.79 Å². The molecule has 21 heavy (non-hydrogen) atoms. The van der Waals surface area contributed by atoms with E-state index >= 15 is 0 Å². The number of nitrogens with one attached hydrogen (secondary N) is 2. The molecular formula is C17H28N2O2. The van der Waals surface area contributed by atoms with Crippen molar-refractivity contribution >= 4 is 6.03 Å². The van der Waals surface area contributed by atoms with Crippen LogP contribution in [0.2, 0.25) is 0 Å². The Labute approximate surface area is 128 Å². The quantitative estimate of drug-likeness (QED) is 0.723. The zero-order valence-electron chi connectivity index (χ0n) is 13.5. The van der Waals surface area contributed by atoms with Crippen LogP contribution in [0, 0.1) is 0 Å². The van der Waals surface area contributed by atoms with Gasteiger partial charge in [-0.15, -0.1) is 0 Å². The number of benzene rings is 1. The van der Waals surface area contributed by atoms with Crippen molar-refractivity contribution in [2.75, 3.05) is 6.61 Å². The van der Waals surface area contributed by atoms with Crippen LogP contribution in [0.1, 0.15) is 46.1 Å². The third kappa shape index (κ3) is 5.76. The van der Waals surface area contributed by atoms with Crippen molar-refractivity contribution in [2.24, 2.45) is 0 Å². The molecule has 4 nitrogen and oxygen atoms in total. The van der Waals surface area contributed by atoms with E-state index in [0.29, 0.717) is 6.42 Å². The van der Waals surface area contributed by atoms with Crippen LogP contribution in [0.25, 0.3) is 0 Å². The van der Waals surface area contributed by atoms with Gasteiger partial charge in [-0.1, -0.05) is 51.1 Å². The number of hydrogen-bond donors (Lipinski definition) is 3. The molecule has 4 heteroatoms. The van der Waals surface area contributed by atoms with Gasteiger partial charge in [0.05, 0.1) is 12.6 Å². The van der Waals surface area contributed by atoms with E-state index < -0.39 is 0 Å². The van der Waals surface area contributed by atoms with Crippen LogP contribution in [0.4, 0.5) is 4.79 Å². The fourth-order valence-corrected chi connectivity index (χ4v) is 2.55. The van der Waals surface area contributed by atoms with Crippen molar-refractivity contribution < 1.29 is 9.90 Å². The molecule has 2 unspecified atom stereocenters. The van der Waals surface area contributed by atoms with Gasteiger partial charge in [-0.25, -0.2) is 4.79 Å². The molecule has 0 bridgehead atoms. The molecule has 1 aromatic carbocycles. The molecule has 0 aliphatic heterocycles. The Morgan fingerprint density at radius 3 is 2.38 bits per heavy atom. The molecule has 0 aliphatic carbocycles. The minimum Gasteiger partial charge on any atom is -0.394 e. The Morgan fingerprint density at radius 2 is 1.86 bits per heavy atom. The molecule has 1 aromatic rings. The molecular weight excluding hydrogens is 264 g/mol. The number of carbonyl (C=O) groups is 1. The van der Waals surface area contributed by atoms with Crippen LogP contribution in [0.3, 0.4) is 0 Å². The van der Waals surface area contributed by atoms with Crippen molar-refractivity contribution in [1.82, 2.24) is 10.6 Å². The first kappa shape index (κ1) is 17.5. The lowest BCUT2D eigenvalue weighted by atomic mass is 9.79. The van der Waals surface area contributed by atoms with Gasteiger partial charge in [0.1, 0.15) is 0 Å². The largest absolute Gasteiger partial charge is 0.394 e. The number of aliphatic hydroxyl groups is 1. The van der Waals surface area contributed by atoms with E-state index in [0.717, 1.165) is 6.42 Å². The summed E-state index contributed by atoms with van der Waals surface area (Å²) in [5, 5.41) is 14.8. The molecule has 0 saturated heterocycles. The number of urea groups is 1. The van der Waals surface area contributed by atoms with Crippen molar-refractivity contribution in [1.29, 1.82) is 0 Å². The Kier molecular flexibility index (Phi) is 6.69. The molecule has 0 spiro atoms. The summed E-state index contributed by atoms with van der Waals surface area (Å²) in [7, 11) is 0.